The van der Waals surface area contributed by atoms with E-state index in [1.165, 1.54) is 25.7 Å². The summed E-state index contributed by atoms with van der Waals surface area (Å²) in [5.74, 6) is 0. The van der Waals surface area contributed by atoms with Crippen LogP contribution in [-0.2, 0) is 4.74 Å². The van der Waals surface area contributed by atoms with Gasteiger partial charge in [0, 0.05) is 24.7 Å². The number of hydrogen-bond acceptors (Lipinski definition) is 4. The van der Waals surface area contributed by atoms with Crippen molar-refractivity contribution in [3.8, 4) is 0 Å². The molecule has 2 aliphatic rings. The summed E-state index contributed by atoms with van der Waals surface area (Å²) in [7, 11) is 2.15. The van der Waals surface area contributed by atoms with E-state index in [0.717, 1.165) is 26.1 Å². The van der Waals surface area contributed by atoms with Crippen LogP contribution in [0, 0.1) is 0 Å². The van der Waals surface area contributed by atoms with Crippen molar-refractivity contribution < 1.29 is 9.84 Å². The lowest BCUT2D eigenvalue weighted by Gasteiger charge is -2.31. The van der Waals surface area contributed by atoms with Gasteiger partial charge in [-0.05, 0) is 52.6 Å². The van der Waals surface area contributed by atoms with Crippen molar-refractivity contribution in [1.82, 2.24) is 10.2 Å². The summed E-state index contributed by atoms with van der Waals surface area (Å²) in [5, 5.41) is 13.1. The van der Waals surface area contributed by atoms with Gasteiger partial charge in [-0.2, -0.15) is 0 Å². The van der Waals surface area contributed by atoms with Crippen LogP contribution in [0.4, 0.5) is 0 Å². The normalized spacial score (nSPS) is 27.7. The Morgan fingerprint density at radius 1 is 1.39 bits per heavy atom. The van der Waals surface area contributed by atoms with Crippen LogP contribution in [0.25, 0.3) is 0 Å². The minimum Gasteiger partial charge on any atom is -0.394 e. The zero-order valence-corrected chi connectivity index (χ0v) is 11.8. The number of nitrogens with one attached hydrogen (secondary N) is 1. The average molecular weight is 256 g/mol. The number of aliphatic hydroxyl groups is 1. The van der Waals surface area contributed by atoms with E-state index in [0.29, 0.717) is 12.1 Å². The second-order valence-corrected chi connectivity index (χ2v) is 6.28. The first kappa shape index (κ1) is 14.3. The largest absolute Gasteiger partial charge is 0.394 e. The summed E-state index contributed by atoms with van der Waals surface area (Å²) in [6.07, 6.45) is 6.34. The molecule has 0 amide bonds. The first-order chi connectivity index (χ1) is 8.61. The van der Waals surface area contributed by atoms with Crippen molar-refractivity contribution in [3.63, 3.8) is 0 Å². The van der Waals surface area contributed by atoms with Crippen LogP contribution in [0.2, 0.25) is 0 Å². The van der Waals surface area contributed by atoms with Gasteiger partial charge in [0.25, 0.3) is 0 Å². The molecule has 4 nitrogen and oxygen atoms in total. The van der Waals surface area contributed by atoms with E-state index in [2.05, 4.69) is 24.2 Å². The minimum atomic E-state index is -0.119. The fourth-order valence-electron chi connectivity index (χ4n) is 2.58. The zero-order chi connectivity index (χ0) is 13.0. The Labute approximate surface area is 111 Å². The number of aliphatic hydroxyl groups excluding tert-OH is 1. The monoisotopic (exact) mass is 256 g/mol. The van der Waals surface area contributed by atoms with Gasteiger partial charge < -0.3 is 20.1 Å². The fraction of sp³-hybridized carbons (Fsp3) is 1.00. The Morgan fingerprint density at radius 3 is 2.72 bits per heavy atom. The van der Waals surface area contributed by atoms with Gasteiger partial charge in [-0.25, -0.2) is 0 Å². The summed E-state index contributed by atoms with van der Waals surface area (Å²) in [5.41, 5.74) is -0.119. The summed E-state index contributed by atoms with van der Waals surface area (Å²) in [4.78, 5) is 2.33. The van der Waals surface area contributed by atoms with E-state index in [4.69, 9.17) is 4.74 Å². The third kappa shape index (κ3) is 4.50. The lowest BCUT2D eigenvalue weighted by molar-refractivity contribution is 0.0751. The van der Waals surface area contributed by atoms with Crippen molar-refractivity contribution in [3.05, 3.63) is 0 Å². The van der Waals surface area contributed by atoms with Crippen molar-refractivity contribution >= 4 is 0 Å². The number of likely N-dealkylation sites (N-methyl/N-ethyl adjacent to an activating group) is 1. The van der Waals surface area contributed by atoms with Gasteiger partial charge in [-0.15, -0.1) is 0 Å². The second-order valence-electron chi connectivity index (χ2n) is 6.28. The molecule has 2 atom stereocenters. The van der Waals surface area contributed by atoms with Gasteiger partial charge in [0.15, 0.2) is 0 Å². The summed E-state index contributed by atoms with van der Waals surface area (Å²) >= 11 is 0. The SMILES string of the molecule is CN(CCC(C)(CO)NC1CC1)CC1CCCO1. The Morgan fingerprint density at radius 2 is 2.17 bits per heavy atom. The van der Waals surface area contributed by atoms with Gasteiger partial charge in [-0.3, -0.25) is 0 Å². The molecule has 1 saturated carbocycles. The molecule has 0 aromatic heterocycles. The molecule has 2 rings (SSSR count). The van der Waals surface area contributed by atoms with E-state index in [-0.39, 0.29) is 12.1 Å². The Bertz CT molecular complexity index is 252. The highest BCUT2D eigenvalue weighted by atomic mass is 16.5. The molecular weight excluding hydrogens is 228 g/mol. The first-order valence-corrected chi connectivity index (χ1v) is 7.30. The third-order valence-corrected chi connectivity index (χ3v) is 4.06. The number of rotatable bonds is 8. The molecule has 18 heavy (non-hydrogen) atoms. The second kappa shape index (κ2) is 6.33. The minimum absolute atomic E-state index is 0.119. The van der Waals surface area contributed by atoms with Crippen molar-refractivity contribution in [2.75, 3.05) is 33.4 Å². The van der Waals surface area contributed by atoms with E-state index in [1.54, 1.807) is 0 Å². The number of nitrogens with zero attached hydrogens (tertiary/aromatic N) is 1. The molecule has 0 bridgehead atoms. The maximum absolute atomic E-state index is 9.55. The maximum Gasteiger partial charge on any atom is 0.0702 e. The highest BCUT2D eigenvalue weighted by molar-refractivity contribution is 4.92. The Kier molecular flexibility index (Phi) is 5.01. The van der Waals surface area contributed by atoms with E-state index in [1.807, 2.05) is 0 Å². The summed E-state index contributed by atoms with van der Waals surface area (Å²) < 4.78 is 5.65. The van der Waals surface area contributed by atoms with Crippen LogP contribution in [0.1, 0.15) is 39.0 Å². The lowest BCUT2D eigenvalue weighted by atomic mass is 9.98. The topological polar surface area (TPSA) is 44.7 Å². The molecule has 2 unspecified atom stereocenters. The van der Waals surface area contributed by atoms with Crippen LogP contribution in [0.15, 0.2) is 0 Å². The molecule has 2 fully saturated rings. The van der Waals surface area contributed by atoms with Crippen LogP contribution in [0.3, 0.4) is 0 Å². The average Bonchev–Trinajstić information content (AvgIpc) is 3.01. The molecule has 4 heteroatoms. The zero-order valence-electron chi connectivity index (χ0n) is 11.8. The quantitative estimate of drug-likeness (QED) is 0.680. The van der Waals surface area contributed by atoms with Crippen molar-refractivity contribution in [2.24, 2.45) is 0 Å². The molecule has 106 valence electrons. The molecule has 0 radical (unpaired) electrons. The highest BCUT2D eigenvalue weighted by Crippen LogP contribution is 2.24. The Balaban J connectivity index is 1.67. The van der Waals surface area contributed by atoms with E-state index in [9.17, 15) is 5.11 Å². The highest BCUT2D eigenvalue weighted by Gasteiger charge is 2.32. The third-order valence-electron chi connectivity index (χ3n) is 4.06. The van der Waals surface area contributed by atoms with Crippen LogP contribution in [-0.4, -0.2) is 61.0 Å². The molecule has 1 aliphatic heterocycles. The van der Waals surface area contributed by atoms with E-state index >= 15 is 0 Å². The molecule has 0 aromatic rings. The van der Waals surface area contributed by atoms with Gasteiger partial charge >= 0.3 is 0 Å². The van der Waals surface area contributed by atoms with Crippen LogP contribution in [0.5, 0.6) is 0 Å². The van der Waals surface area contributed by atoms with Crippen molar-refractivity contribution in [2.45, 2.75) is 56.7 Å². The molecule has 1 aliphatic carbocycles. The molecule has 2 N–H and O–H groups in total. The fourth-order valence-corrected chi connectivity index (χ4v) is 2.58. The maximum atomic E-state index is 9.55. The van der Waals surface area contributed by atoms with Gasteiger partial charge in [0.05, 0.1) is 12.7 Å². The van der Waals surface area contributed by atoms with Crippen LogP contribution < -0.4 is 5.32 Å². The van der Waals surface area contributed by atoms with Gasteiger partial charge in [0.2, 0.25) is 0 Å². The summed E-state index contributed by atoms with van der Waals surface area (Å²) in [6, 6.07) is 0.644. The number of hydrogen-bond donors (Lipinski definition) is 2. The predicted molar refractivity (Wildman–Crippen MR) is 72.7 cm³/mol. The van der Waals surface area contributed by atoms with Gasteiger partial charge in [-0.1, -0.05) is 0 Å². The molecule has 0 aromatic carbocycles. The molecule has 0 spiro atoms. The number of ether oxygens (including phenoxy) is 1. The van der Waals surface area contributed by atoms with Crippen molar-refractivity contribution in [1.29, 1.82) is 0 Å². The standard InChI is InChI=1S/C14H28N2O2/c1-14(11-17,15-12-5-6-12)7-8-16(2)10-13-4-3-9-18-13/h12-13,15,17H,3-11H2,1-2H3. The molecule has 1 heterocycles. The first-order valence-electron chi connectivity index (χ1n) is 7.30. The molecular formula is C14H28N2O2. The smallest absolute Gasteiger partial charge is 0.0702 e. The summed E-state index contributed by atoms with van der Waals surface area (Å²) in [6.45, 7) is 5.31. The van der Waals surface area contributed by atoms with Crippen LogP contribution >= 0.6 is 0 Å². The van der Waals surface area contributed by atoms with E-state index < -0.39 is 0 Å². The predicted octanol–water partition coefficient (Wildman–Crippen LogP) is 0.990. The van der Waals surface area contributed by atoms with Gasteiger partial charge in [0.1, 0.15) is 0 Å². The molecule has 1 saturated heterocycles. The lowest BCUT2D eigenvalue weighted by Crippen LogP contribution is -2.49. The Hall–Kier alpha value is -0.160.